The van der Waals surface area contributed by atoms with Crippen molar-refractivity contribution in [2.75, 3.05) is 6.54 Å². The lowest BCUT2D eigenvalue weighted by Gasteiger charge is -2.34. The van der Waals surface area contributed by atoms with Gasteiger partial charge in [0.15, 0.2) is 0 Å². The second-order valence-corrected chi connectivity index (χ2v) is 6.91. The third-order valence-electron chi connectivity index (χ3n) is 4.47. The number of aliphatic hydroxyl groups is 2. The van der Waals surface area contributed by atoms with Gasteiger partial charge in [0, 0.05) is 19.0 Å². The quantitative estimate of drug-likeness (QED) is 0.702. The summed E-state index contributed by atoms with van der Waals surface area (Å²) in [6, 6.07) is 16.0. The fraction of sp³-hybridized carbons (Fsp3) is 0.429. The van der Waals surface area contributed by atoms with Gasteiger partial charge in [-0.3, -0.25) is 0 Å². The van der Waals surface area contributed by atoms with Crippen LogP contribution in [0.25, 0.3) is 0 Å². The van der Waals surface area contributed by atoms with E-state index in [-0.39, 0.29) is 18.8 Å². The van der Waals surface area contributed by atoms with Crippen LogP contribution in [0.4, 0.5) is 0 Å². The molecule has 0 saturated heterocycles. The van der Waals surface area contributed by atoms with Crippen molar-refractivity contribution in [3.8, 4) is 0 Å². The summed E-state index contributed by atoms with van der Waals surface area (Å²) in [5, 5.41) is 25.4. The minimum absolute atomic E-state index is 0. The summed E-state index contributed by atoms with van der Waals surface area (Å²) in [4.78, 5) is 0. The lowest BCUT2D eigenvalue weighted by Crippen LogP contribution is -2.39. The van der Waals surface area contributed by atoms with Crippen molar-refractivity contribution in [2.24, 2.45) is 0 Å². The number of hydrogen-bond donors (Lipinski definition) is 3. The molecule has 4 heteroatoms. The highest BCUT2D eigenvalue weighted by Crippen LogP contribution is 2.37. The van der Waals surface area contributed by atoms with Gasteiger partial charge in [0.1, 0.15) is 5.60 Å². The molecule has 0 bridgehead atoms. The van der Waals surface area contributed by atoms with Crippen LogP contribution in [0.2, 0.25) is 0 Å². The van der Waals surface area contributed by atoms with Gasteiger partial charge in [-0.2, -0.15) is 0 Å². The molecule has 0 radical (unpaired) electrons. The number of benzene rings is 2. The third-order valence-corrected chi connectivity index (χ3v) is 4.47. The van der Waals surface area contributed by atoms with Gasteiger partial charge in [0.25, 0.3) is 0 Å². The van der Waals surface area contributed by atoms with Crippen LogP contribution in [0.5, 0.6) is 0 Å². The van der Waals surface area contributed by atoms with E-state index in [1.807, 2.05) is 76.2 Å². The summed E-state index contributed by atoms with van der Waals surface area (Å²) in [6.07, 6.45) is -0.390. The van der Waals surface area contributed by atoms with Gasteiger partial charge >= 0.3 is 0 Å². The first-order valence-electron chi connectivity index (χ1n) is 8.60. The number of nitrogens with one attached hydrogen (secondary N) is 1. The molecule has 1 atom stereocenters. The Kier molecular flexibility index (Phi) is 8.10. The lowest BCUT2D eigenvalue weighted by molar-refractivity contribution is 0.0164. The molecule has 2 aromatic rings. The van der Waals surface area contributed by atoms with Crippen molar-refractivity contribution >= 4 is 12.4 Å². The van der Waals surface area contributed by atoms with Crippen molar-refractivity contribution < 1.29 is 10.2 Å². The van der Waals surface area contributed by atoms with Crippen LogP contribution in [-0.2, 0) is 5.60 Å². The van der Waals surface area contributed by atoms with Crippen LogP contribution in [0, 0.1) is 13.8 Å². The smallest absolute Gasteiger partial charge is 0.118 e. The maximum Gasteiger partial charge on any atom is 0.118 e. The van der Waals surface area contributed by atoms with E-state index in [2.05, 4.69) is 5.32 Å². The summed E-state index contributed by atoms with van der Waals surface area (Å²) in [7, 11) is 0. The van der Waals surface area contributed by atoms with Gasteiger partial charge in [0.2, 0.25) is 0 Å². The van der Waals surface area contributed by atoms with Crippen LogP contribution < -0.4 is 5.32 Å². The predicted molar refractivity (Wildman–Crippen MR) is 106 cm³/mol. The van der Waals surface area contributed by atoms with E-state index in [9.17, 15) is 10.2 Å². The Labute approximate surface area is 157 Å². The molecular weight excluding hydrogens is 334 g/mol. The van der Waals surface area contributed by atoms with Crippen LogP contribution in [0.1, 0.15) is 42.5 Å². The lowest BCUT2D eigenvalue weighted by atomic mass is 9.78. The Morgan fingerprint density at radius 1 is 0.920 bits per heavy atom. The Morgan fingerprint density at radius 3 is 1.76 bits per heavy atom. The third kappa shape index (κ3) is 5.29. The zero-order chi connectivity index (χ0) is 17.7. The molecular formula is C21H30ClNO2. The fourth-order valence-corrected chi connectivity index (χ4v) is 3.22. The highest BCUT2D eigenvalue weighted by molar-refractivity contribution is 5.85. The van der Waals surface area contributed by atoms with Crippen LogP contribution in [0.15, 0.2) is 48.5 Å². The first-order chi connectivity index (χ1) is 11.3. The summed E-state index contributed by atoms with van der Waals surface area (Å²) in [5.41, 5.74) is 2.53. The maximum atomic E-state index is 11.7. The molecule has 0 heterocycles. The van der Waals surface area contributed by atoms with Crippen molar-refractivity contribution in [1.82, 2.24) is 5.32 Å². The van der Waals surface area contributed by atoms with E-state index in [1.54, 1.807) is 0 Å². The SMILES string of the molecule is Cc1ccccc1C(O)(CC(O)CNC(C)C)c1ccccc1C.Cl. The van der Waals surface area contributed by atoms with E-state index >= 15 is 0 Å². The maximum absolute atomic E-state index is 11.7. The largest absolute Gasteiger partial charge is 0.392 e. The zero-order valence-electron chi connectivity index (χ0n) is 15.5. The summed E-state index contributed by atoms with van der Waals surface area (Å²) in [5.74, 6) is 0. The molecule has 3 nitrogen and oxygen atoms in total. The van der Waals surface area contributed by atoms with Crippen molar-refractivity contribution in [1.29, 1.82) is 0 Å². The van der Waals surface area contributed by atoms with E-state index in [1.165, 1.54) is 0 Å². The first-order valence-corrected chi connectivity index (χ1v) is 8.60. The average molecular weight is 364 g/mol. The van der Waals surface area contributed by atoms with E-state index in [4.69, 9.17) is 0 Å². The van der Waals surface area contributed by atoms with Crippen molar-refractivity contribution in [2.45, 2.75) is 51.9 Å². The molecule has 0 aromatic heterocycles. The molecule has 0 aliphatic carbocycles. The fourth-order valence-electron chi connectivity index (χ4n) is 3.22. The molecule has 0 aliphatic heterocycles. The topological polar surface area (TPSA) is 52.5 Å². The zero-order valence-corrected chi connectivity index (χ0v) is 16.3. The first kappa shape index (κ1) is 21.7. The Hall–Kier alpha value is -1.39. The van der Waals surface area contributed by atoms with E-state index in [0.29, 0.717) is 12.6 Å². The standard InChI is InChI=1S/C21H29NO2.ClH/c1-15(2)22-14-18(23)13-21(24,19-11-7-5-9-16(19)3)20-12-8-6-10-17(20)4;/h5-12,15,18,22-24H,13-14H2,1-4H3;1H. The van der Waals surface area contributed by atoms with Gasteiger partial charge in [-0.05, 0) is 36.1 Å². The van der Waals surface area contributed by atoms with Gasteiger partial charge in [-0.1, -0.05) is 62.4 Å². The number of halogens is 1. The monoisotopic (exact) mass is 363 g/mol. The number of hydrogen-bond acceptors (Lipinski definition) is 3. The molecule has 0 saturated carbocycles. The highest BCUT2D eigenvalue weighted by atomic mass is 35.5. The van der Waals surface area contributed by atoms with Crippen LogP contribution in [0.3, 0.4) is 0 Å². The van der Waals surface area contributed by atoms with E-state index < -0.39 is 11.7 Å². The Bertz CT molecular complexity index is 627. The number of aryl methyl sites for hydroxylation is 2. The Balaban J connectivity index is 0.00000312. The summed E-state index contributed by atoms with van der Waals surface area (Å²) < 4.78 is 0. The second-order valence-electron chi connectivity index (χ2n) is 6.91. The average Bonchev–Trinajstić information content (AvgIpc) is 2.53. The van der Waals surface area contributed by atoms with Crippen molar-refractivity contribution in [3.63, 3.8) is 0 Å². The number of aliphatic hydroxyl groups excluding tert-OH is 1. The highest BCUT2D eigenvalue weighted by Gasteiger charge is 2.36. The van der Waals surface area contributed by atoms with Gasteiger partial charge in [-0.25, -0.2) is 0 Å². The van der Waals surface area contributed by atoms with E-state index in [0.717, 1.165) is 22.3 Å². The van der Waals surface area contributed by atoms with Crippen LogP contribution >= 0.6 is 12.4 Å². The molecule has 25 heavy (non-hydrogen) atoms. The minimum atomic E-state index is -1.21. The summed E-state index contributed by atoms with van der Waals surface area (Å²) >= 11 is 0. The molecule has 2 aromatic carbocycles. The molecule has 2 rings (SSSR count). The predicted octanol–water partition coefficient (Wildman–Crippen LogP) is 3.71. The van der Waals surface area contributed by atoms with Gasteiger partial charge in [-0.15, -0.1) is 12.4 Å². The van der Waals surface area contributed by atoms with Gasteiger partial charge < -0.3 is 15.5 Å². The normalized spacial score (nSPS) is 12.8. The Morgan fingerprint density at radius 2 is 1.36 bits per heavy atom. The molecule has 138 valence electrons. The van der Waals surface area contributed by atoms with Crippen molar-refractivity contribution in [3.05, 3.63) is 70.8 Å². The molecule has 0 spiro atoms. The number of rotatable bonds is 7. The molecule has 0 fully saturated rings. The minimum Gasteiger partial charge on any atom is -0.392 e. The summed E-state index contributed by atoms with van der Waals surface area (Å²) in [6.45, 7) is 8.54. The van der Waals surface area contributed by atoms with Crippen LogP contribution in [-0.4, -0.2) is 28.9 Å². The molecule has 3 N–H and O–H groups in total. The molecule has 1 unspecified atom stereocenters. The second kappa shape index (κ2) is 9.35. The van der Waals surface area contributed by atoms with Gasteiger partial charge in [0.05, 0.1) is 6.10 Å². The molecule has 0 aliphatic rings. The molecule has 0 amide bonds.